The van der Waals surface area contributed by atoms with Crippen molar-refractivity contribution in [3.8, 4) is 0 Å². The molecule has 1 unspecified atom stereocenters. The second-order valence-electron chi connectivity index (χ2n) is 5.28. The van der Waals surface area contributed by atoms with Crippen LogP contribution < -0.4 is 0 Å². The van der Waals surface area contributed by atoms with Crippen molar-refractivity contribution in [2.75, 3.05) is 0 Å². The molecule has 0 spiro atoms. The lowest BCUT2D eigenvalue weighted by atomic mass is 9.88. The number of aliphatic hydroxyl groups excluding tert-OH is 1. The molecule has 0 radical (unpaired) electrons. The maximum atomic E-state index is 13.3. The summed E-state index contributed by atoms with van der Waals surface area (Å²) in [5, 5.41) is 10.5. The topological polar surface area (TPSA) is 20.2 Å². The molecule has 0 fully saturated rings. The van der Waals surface area contributed by atoms with E-state index in [-0.39, 0.29) is 5.56 Å². The van der Waals surface area contributed by atoms with Crippen LogP contribution in [0.25, 0.3) is 0 Å². The zero-order valence-corrected chi connectivity index (χ0v) is 12.1. The van der Waals surface area contributed by atoms with Crippen molar-refractivity contribution >= 4 is 0 Å². The van der Waals surface area contributed by atoms with E-state index in [1.807, 2.05) is 33.8 Å². The van der Waals surface area contributed by atoms with Crippen molar-refractivity contribution in [1.82, 2.24) is 0 Å². The smallest absolute Gasteiger partial charge is 0.126 e. The summed E-state index contributed by atoms with van der Waals surface area (Å²) in [5.74, 6) is -1.36. The first-order valence-electron chi connectivity index (χ1n) is 6.52. The number of benzene rings is 2. The first-order chi connectivity index (χ1) is 9.31. The van der Waals surface area contributed by atoms with Crippen LogP contribution in [0.5, 0.6) is 0 Å². The molecule has 1 atom stereocenters. The third-order valence-electron chi connectivity index (χ3n) is 3.90. The number of hydrogen-bond acceptors (Lipinski definition) is 1. The quantitative estimate of drug-likeness (QED) is 0.868. The highest BCUT2D eigenvalue weighted by Gasteiger charge is 2.19. The van der Waals surface area contributed by atoms with E-state index in [1.165, 1.54) is 12.1 Å². The van der Waals surface area contributed by atoms with Crippen LogP contribution in [0.3, 0.4) is 0 Å². The van der Waals surface area contributed by atoms with Crippen molar-refractivity contribution < 1.29 is 13.9 Å². The molecule has 2 aromatic carbocycles. The Balaban J connectivity index is 2.61. The van der Waals surface area contributed by atoms with E-state index < -0.39 is 17.7 Å². The summed E-state index contributed by atoms with van der Waals surface area (Å²) < 4.78 is 26.6. The van der Waals surface area contributed by atoms with Crippen LogP contribution in [0.2, 0.25) is 0 Å². The summed E-state index contributed by atoms with van der Waals surface area (Å²) in [5.41, 5.74) is 4.97. The van der Waals surface area contributed by atoms with Gasteiger partial charge in [-0.2, -0.15) is 0 Å². The molecule has 0 aromatic heterocycles. The first kappa shape index (κ1) is 14.7. The van der Waals surface area contributed by atoms with Gasteiger partial charge in [-0.3, -0.25) is 0 Å². The monoisotopic (exact) mass is 276 g/mol. The molecule has 0 aliphatic rings. The molecule has 0 saturated carbocycles. The van der Waals surface area contributed by atoms with Crippen LogP contribution in [0.4, 0.5) is 8.78 Å². The molecule has 3 heteroatoms. The Bertz CT molecular complexity index is 616. The van der Waals surface area contributed by atoms with Crippen LogP contribution in [0.15, 0.2) is 24.3 Å². The average Bonchev–Trinajstić information content (AvgIpc) is 2.35. The van der Waals surface area contributed by atoms with Crippen LogP contribution in [0, 0.1) is 39.3 Å². The zero-order valence-electron chi connectivity index (χ0n) is 12.1. The fourth-order valence-corrected chi connectivity index (χ4v) is 2.56. The van der Waals surface area contributed by atoms with Gasteiger partial charge in [0, 0.05) is 6.07 Å². The van der Waals surface area contributed by atoms with Crippen LogP contribution in [-0.2, 0) is 0 Å². The second-order valence-corrected chi connectivity index (χ2v) is 5.28. The maximum Gasteiger partial charge on any atom is 0.126 e. The summed E-state index contributed by atoms with van der Waals surface area (Å²) in [4.78, 5) is 0. The predicted octanol–water partition coefficient (Wildman–Crippen LogP) is 4.28. The minimum Gasteiger partial charge on any atom is -0.384 e. The highest BCUT2D eigenvalue weighted by atomic mass is 19.1. The number of halogens is 2. The zero-order chi connectivity index (χ0) is 15.0. The molecule has 0 amide bonds. The Kier molecular flexibility index (Phi) is 3.91. The van der Waals surface area contributed by atoms with E-state index in [0.717, 1.165) is 33.9 Å². The van der Waals surface area contributed by atoms with E-state index in [9.17, 15) is 13.9 Å². The van der Waals surface area contributed by atoms with Gasteiger partial charge >= 0.3 is 0 Å². The molecule has 106 valence electrons. The van der Waals surface area contributed by atoms with Crippen LogP contribution >= 0.6 is 0 Å². The van der Waals surface area contributed by atoms with E-state index in [0.29, 0.717) is 0 Å². The minimum absolute atomic E-state index is 0.235. The van der Waals surface area contributed by atoms with Gasteiger partial charge in [0.2, 0.25) is 0 Å². The fraction of sp³-hybridized carbons (Fsp3) is 0.294. The summed E-state index contributed by atoms with van der Waals surface area (Å²) >= 11 is 0. The normalized spacial score (nSPS) is 12.6. The molecule has 0 bridgehead atoms. The number of aryl methyl sites for hydroxylation is 2. The van der Waals surface area contributed by atoms with Gasteiger partial charge < -0.3 is 5.11 Å². The SMILES string of the molecule is Cc1cc(C)c(C)c(C(O)c2cc(F)cc(F)c2)c1C. The third-order valence-corrected chi connectivity index (χ3v) is 3.90. The minimum atomic E-state index is -1.03. The van der Waals surface area contributed by atoms with Crippen molar-refractivity contribution in [3.63, 3.8) is 0 Å². The Labute approximate surface area is 117 Å². The standard InChI is InChI=1S/C17H18F2O/c1-9-5-10(2)12(4)16(11(9)3)17(20)13-6-14(18)8-15(19)7-13/h5-8,17,20H,1-4H3. The highest BCUT2D eigenvalue weighted by molar-refractivity contribution is 5.48. The molecule has 0 saturated heterocycles. The number of hydrogen-bond donors (Lipinski definition) is 1. The Morgan fingerprint density at radius 3 is 1.70 bits per heavy atom. The lowest BCUT2D eigenvalue weighted by Gasteiger charge is -2.20. The molecule has 0 aliphatic carbocycles. The molecule has 1 nitrogen and oxygen atoms in total. The number of aliphatic hydroxyl groups is 1. The second kappa shape index (κ2) is 5.33. The molecule has 0 aliphatic heterocycles. The lowest BCUT2D eigenvalue weighted by molar-refractivity contribution is 0.217. The highest BCUT2D eigenvalue weighted by Crippen LogP contribution is 2.32. The van der Waals surface area contributed by atoms with Gasteiger partial charge in [-0.05, 0) is 73.2 Å². The largest absolute Gasteiger partial charge is 0.384 e. The average molecular weight is 276 g/mol. The first-order valence-corrected chi connectivity index (χ1v) is 6.52. The molecule has 2 aromatic rings. The molecule has 2 rings (SSSR count). The molecule has 1 N–H and O–H groups in total. The van der Waals surface area contributed by atoms with E-state index in [2.05, 4.69) is 0 Å². The van der Waals surface area contributed by atoms with E-state index >= 15 is 0 Å². The fourth-order valence-electron chi connectivity index (χ4n) is 2.56. The van der Waals surface area contributed by atoms with Crippen molar-refractivity contribution in [3.05, 3.63) is 69.3 Å². The van der Waals surface area contributed by atoms with Gasteiger partial charge in [0.1, 0.15) is 17.7 Å². The van der Waals surface area contributed by atoms with Gasteiger partial charge in [-0.1, -0.05) is 6.07 Å². The summed E-state index contributed by atoms with van der Waals surface area (Å²) in [6.45, 7) is 7.75. The number of rotatable bonds is 2. The van der Waals surface area contributed by atoms with Gasteiger partial charge in [0.15, 0.2) is 0 Å². The van der Waals surface area contributed by atoms with Crippen molar-refractivity contribution in [2.24, 2.45) is 0 Å². The van der Waals surface area contributed by atoms with E-state index in [1.54, 1.807) is 0 Å². The molecular weight excluding hydrogens is 258 g/mol. The Morgan fingerprint density at radius 2 is 1.25 bits per heavy atom. The Morgan fingerprint density at radius 1 is 0.800 bits per heavy atom. The molecule has 0 heterocycles. The van der Waals surface area contributed by atoms with Crippen LogP contribution in [-0.4, -0.2) is 5.11 Å². The molecule has 20 heavy (non-hydrogen) atoms. The maximum absolute atomic E-state index is 13.3. The van der Waals surface area contributed by atoms with Gasteiger partial charge in [-0.15, -0.1) is 0 Å². The third kappa shape index (κ3) is 2.59. The summed E-state index contributed by atoms with van der Waals surface area (Å²) in [6, 6.07) is 5.19. The molecular formula is C17H18F2O. The van der Waals surface area contributed by atoms with Crippen molar-refractivity contribution in [1.29, 1.82) is 0 Å². The van der Waals surface area contributed by atoms with Crippen molar-refractivity contribution in [2.45, 2.75) is 33.8 Å². The van der Waals surface area contributed by atoms with Gasteiger partial charge in [-0.25, -0.2) is 8.78 Å². The Hall–Kier alpha value is -1.74. The predicted molar refractivity (Wildman–Crippen MR) is 75.8 cm³/mol. The summed E-state index contributed by atoms with van der Waals surface area (Å²) in [7, 11) is 0. The van der Waals surface area contributed by atoms with E-state index in [4.69, 9.17) is 0 Å². The summed E-state index contributed by atoms with van der Waals surface area (Å²) in [6.07, 6.45) is -1.03. The van der Waals surface area contributed by atoms with Gasteiger partial charge in [0.25, 0.3) is 0 Å². The lowest BCUT2D eigenvalue weighted by Crippen LogP contribution is -2.08. The van der Waals surface area contributed by atoms with Crippen LogP contribution in [0.1, 0.15) is 39.5 Å². The van der Waals surface area contributed by atoms with Gasteiger partial charge in [0.05, 0.1) is 0 Å².